The Hall–Kier alpha value is -0.650. The molecule has 1 heterocycles. The number of hydrogen-bond acceptors (Lipinski definition) is 4. The van der Waals surface area contributed by atoms with Gasteiger partial charge in [0, 0.05) is 13.1 Å². The molecule has 0 saturated carbocycles. The predicted molar refractivity (Wildman–Crippen MR) is 41.5 cm³/mol. The summed E-state index contributed by atoms with van der Waals surface area (Å²) in [7, 11) is 1.29. The van der Waals surface area contributed by atoms with Crippen molar-refractivity contribution in [2.24, 2.45) is 11.1 Å². The van der Waals surface area contributed by atoms with Gasteiger partial charge in [-0.05, 0) is 6.92 Å². The molecular weight excluding hydrogens is 160 g/mol. The molecule has 0 bridgehead atoms. The molecule has 1 fully saturated rings. The summed E-state index contributed by atoms with van der Waals surface area (Å²) in [6.45, 7) is 2.34. The van der Waals surface area contributed by atoms with Gasteiger partial charge < -0.3 is 10.5 Å². The lowest BCUT2D eigenvalue weighted by atomic mass is 9.85. The SMILES string of the molecule is CN(O)C(=O)C1(C)COCC1N. The average molecular weight is 174 g/mol. The van der Waals surface area contributed by atoms with E-state index in [9.17, 15) is 4.79 Å². The molecule has 0 aromatic carbocycles. The minimum absolute atomic E-state index is 0.276. The second kappa shape index (κ2) is 3.01. The Bertz CT molecular complexity index is 195. The predicted octanol–water partition coefficient (Wildman–Crippen LogP) is -0.802. The highest BCUT2D eigenvalue weighted by Crippen LogP contribution is 2.28. The molecule has 2 atom stereocenters. The first kappa shape index (κ1) is 9.44. The Morgan fingerprint density at radius 1 is 1.83 bits per heavy atom. The Morgan fingerprint density at radius 2 is 2.42 bits per heavy atom. The molecule has 1 saturated heterocycles. The molecule has 0 aromatic heterocycles. The fraction of sp³-hybridized carbons (Fsp3) is 0.857. The van der Waals surface area contributed by atoms with Gasteiger partial charge in [-0.3, -0.25) is 10.0 Å². The third-order valence-electron chi connectivity index (χ3n) is 2.30. The van der Waals surface area contributed by atoms with Gasteiger partial charge in [-0.25, -0.2) is 5.06 Å². The molecule has 0 radical (unpaired) electrons. The zero-order valence-corrected chi connectivity index (χ0v) is 7.28. The summed E-state index contributed by atoms with van der Waals surface area (Å²) in [5.41, 5.74) is 4.89. The van der Waals surface area contributed by atoms with Crippen molar-refractivity contribution < 1.29 is 14.7 Å². The maximum atomic E-state index is 11.4. The number of nitrogens with two attached hydrogens (primary N) is 1. The molecule has 5 nitrogen and oxygen atoms in total. The lowest BCUT2D eigenvalue weighted by Crippen LogP contribution is -2.49. The van der Waals surface area contributed by atoms with Crippen LogP contribution in [0.15, 0.2) is 0 Å². The highest BCUT2D eigenvalue weighted by atomic mass is 16.5. The van der Waals surface area contributed by atoms with Gasteiger partial charge in [-0.2, -0.15) is 0 Å². The van der Waals surface area contributed by atoms with E-state index in [0.717, 1.165) is 0 Å². The van der Waals surface area contributed by atoms with Gasteiger partial charge >= 0.3 is 0 Å². The van der Waals surface area contributed by atoms with Gasteiger partial charge in [0.2, 0.25) is 0 Å². The third kappa shape index (κ3) is 1.31. The standard InChI is InChI=1S/C7H14N2O3/c1-7(6(10)9(2)11)4-12-3-5(7)8/h5,11H,3-4,8H2,1-2H3. The van der Waals surface area contributed by atoms with E-state index in [1.165, 1.54) is 7.05 Å². The normalized spacial score (nSPS) is 35.2. The highest BCUT2D eigenvalue weighted by Gasteiger charge is 2.45. The van der Waals surface area contributed by atoms with Crippen LogP contribution < -0.4 is 5.73 Å². The molecule has 5 heteroatoms. The second-order valence-corrected chi connectivity index (χ2v) is 3.37. The van der Waals surface area contributed by atoms with Crippen molar-refractivity contribution in [2.45, 2.75) is 13.0 Å². The van der Waals surface area contributed by atoms with Gasteiger partial charge in [-0.15, -0.1) is 0 Å². The van der Waals surface area contributed by atoms with Crippen LogP contribution in [0, 0.1) is 5.41 Å². The van der Waals surface area contributed by atoms with Crippen LogP contribution in [0.5, 0.6) is 0 Å². The molecule has 1 amide bonds. The van der Waals surface area contributed by atoms with E-state index >= 15 is 0 Å². The van der Waals surface area contributed by atoms with Gasteiger partial charge in [0.05, 0.1) is 18.6 Å². The molecule has 0 aromatic rings. The van der Waals surface area contributed by atoms with Crippen molar-refractivity contribution in [2.75, 3.05) is 20.3 Å². The number of carbonyl (C=O) groups is 1. The quantitative estimate of drug-likeness (QED) is 0.403. The average Bonchev–Trinajstić information content (AvgIpc) is 2.32. The molecule has 70 valence electrons. The maximum absolute atomic E-state index is 11.4. The van der Waals surface area contributed by atoms with Crippen LogP contribution in [0.1, 0.15) is 6.92 Å². The van der Waals surface area contributed by atoms with Crippen molar-refractivity contribution >= 4 is 5.91 Å². The van der Waals surface area contributed by atoms with Gasteiger partial charge in [0.15, 0.2) is 0 Å². The molecule has 12 heavy (non-hydrogen) atoms. The van der Waals surface area contributed by atoms with Crippen molar-refractivity contribution in [3.63, 3.8) is 0 Å². The van der Waals surface area contributed by atoms with Crippen LogP contribution in [0.2, 0.25) is 0 Å². The van der Waals surface area contributed by atoms with Crippen LogP contribution in [0.3, 0.4) is 0 Å². The molecule has 0 spiro atoms. The molecule has 1 aliphatic heterocycles. The summed E-state index contributed by atoms with van der Waals surface area (Å²) in [6.07, 6.45) is 0. The third-order valence-corrected chi connectivity index (χ3v) is 2.30. The maximum Gasteiger partial charge on any atom is 0.255 e. The van der Waals surface area contributed by atoms with Gasteiger partial charge in [-0.1, -0.05) is 0 Å². The van der Waals surface area contributed by atoms with E-state index in [1.54, 1.807) is 6.92 Å². The summed E-state index contributed by atoms with van der Waals surface area (Å²) < 4.78 is 5.06. The number of carbonyl (C=O) groups excluding carboxylic acids is 1. The Labute approximate surface area is 71.0 Å². The molecule has 3 N–H and O–H groups in total. The largest absolute Gasteiger partial charge is 0.379 e. The van der Waals surface area contributed by atoms with E-state index in [4.69, 9.17) is 15.7 Å². The summed E-state index contributed by atoms with van der Waals surface area (Å²) in [5, 5.41) is 9.50. The molecule has 1 aliphatic rings. The second-order valence-electron chi connectivity index (χ2n) is 3.37. The van der Waals surface area contributed by atoms with Crippen molar-refractivity contribution in [1.29, 1.82) is 0 Å². The molecule has 1 rings (SSSR count). The summed E-state index contributed by atoms with van der Waals surface area (Å²) >= 11 is 0. The van der Waals surface area contributed by atoms with Crippen LogP contribution in [0.25, 0.3) is 0 Å². The van der Waals surface area contributed by atoms with E-state index in [1.807, 2.05) is 0 Å². The molecule has 2 unspecified atom stereocenters. The number of amides is 1. The number of hydrogen-bond donors (Lipinski definition) is 2. The van der Waals surface area contributed by atoms with Gasteiger partial charge in [0.1, 0.15) is 0 Å². The number of hydroxylamine groups is 2. The van der Waals surface area contributed by atoms with Crippen molar-refractivity contribution in [3.05, 3.63) is 0 Å². The fourth-order valence-corrected chi connectivity index (χ4v) is 1.28. The first-order valence-corrected chi connectivity index (χ1v) is 3.79. The Balaban J connectivity index is 2.77. The van der Waals surface area contributed by atoms with Crippen LogP contribution >= 0.6 is 0 Å². The number of rotatable bonds is 1. The van der Waals surface area contributed by atoms with Crippen molar-refractivity contribution in [1.82, 2.24) is 5.06 Å². The zero-order chi connectivity index (χ0) is 9.35. The fourth-order valence-electron chi connectivity index (χ4n) is 1.28. The minimum Gasteiger partial charge on any atom is -0.379 e. The van der Waals surface area contributed by atoms with E-state index in [0.29, 0.717) is 11.7 Å². The first-order valence-electron chi connectivity index (χ1n) is 3.79. The van der Waals surface area contributed by atoms with Crippen LogP contribution in [-0.2, 0) is 9.53 Å². The number of ether oxygens (including phenoxy) is 1. The van der Waals surface area contributed by atoms with Crippen LogP contribution in [0.4, 0.5) is 0 Å². The van der Waals surface area contributed by atoms with Crippen LogP contribution in [-0.4, -0.2) is 42.5 Å². The summed E-state index contributed by atoms with van der Waals surface area (Å²) in [6, 6.07) is -0.334. The molecular formula is C7H14N2O3. The van der Waals surface area contributed by atoms with E-state index in [2.05, 4.69) is 0 Å². The first-order chi connectivity index (χ1) is 5.48. The smallest absolute Gasteiger partial charge is 0.255 e. The lowest BCUT2D eigenvalue weighted by Gasteiger charge is -2.27. The zero-order valence-electron chi connectivity index (χ0n) is 7.28. The lowest BCUT2D eigenvalue weighted by molar-refractivity contribution is -0.170. The topological polar surface area (TPSA) is 75.8 Å². The van der Waals surface area contributed by atoms with E-state index in [-0.39, 0.29) is 12.6 Å². The van der Waals surface area contributed by atoms with E-state index < -0.39 is 11.3 Å². The number of nitrogens with zero attached hydrogens (tertiary/aromatic N) is 1. The minimum atomic E-state index is -0.774. The monoisotopic (exact) mass is 174 g/mol. The summed E-state index contributed by atoms with van der Waals surface area (Å²) in [4.78, 5) is 11.4. The summed E-state index contributed by atoms with van der Waals surface area (Å²) in [5.74, 6) is -0.396. The Morgan fingerprint density at radius 3 is 2.75 bits per heavy atom. The van der Waals surface area contributed by atoms with Crippen molar-refractivity contribution in [3.8, 4) is 0 Å². The Kier molecular flexibility index (Phi) is 2.36. The molecule has 0 aliphatic carbocycles. The highest BCUT2D eigenvalue weighted by molar-refractivity contribution is 5.82. The van der Waals surface area contributed by atoms with Gasteiger partial charge in [0.25, 0.3) is 5.91 Å².